The van der Waals surface area contributed by atoms with Crippen LogP contribution >= 0.6 is 0 Å². The maximum Gasteiger partial charge on any atom is 0.295 e. The Morgan fingerprint density at radius 1 is 0.490 bits per heavy atom. The molecule has 0 saturated carbocycles. The molecule has 0 bridgehead atoms. The van der Waals surface area contributed by atoms with Gasteiger partial charge in [0, 0.05) is 32.9 Å². The number of hydrogen-bond acceptors (Lipinski definition) is 11. The van der Waals surface area contributed by atoms with Gasteiger partial charge in [-0.05, 0) is 72.8 Å². The van der Waals surface area contributed by atoms with Crippen molar-refractivity contribution in [2.45, 2.75) is 14.7 Å². The van der Waals surface area contributed by atoms with Crippen LogP contribution in [0.15, 0.2) is 140 Å². The van der Waals surface area contributed by atoms with Crippen LogP contribution in [0, 0.1) is 0 Å². The van der Waals surface area contributed by atoms with E-state index in [0.717, 1.165) is 6.07 Å². The largest absolute Gasteiger partial charge is 0.355 e. The lowest BCUT2D eigenvalue weighted by atomic mass is 10.1. The standard InChI is InChI=1S/C32H25N5O9S3/c38-47(39,40)22-9-4-8-21(18-22)34-35-27-14-15-29(26-19-23(48(41,42)43)12-13-24(26)27)37-36-28-16-17-30(33-20-6-2-1-3-7-20)32-25(28)10-5-11-31(32)49(44,45)46/h1-19,33,36-37H,(H,38,39,40)(H,41,42,43)(H,44,45,46). The Hall–Kier alpha value is -5.43. The van der Waals surface area contributed by atoms with Gasteiger partial charge in [0.15, 0.2) is 0 Å². The topological polar surface area (TPSA) is 224 Å². The smallest absolute Gasteiger partial charge is 0.295 e. The van der Waals surface area contributed by atoms with Gasteiger partial charge in [0.25, 0.3) is 30.4 Å². The zero-order chi connectivity index (χ0) is 35.0. The van der Waals surface area contributed by atoms with Crippen molar-refractivity contribution in [3.05, 3.63) is 115 Å². The number of para-hydroxylation sites is 1. The summed E-state index contributed by atoms with van der Waals surface area (Å²) in [6, 6.07) is 28.8. The van der Waals surface area contributed by atoms with Gasteiger partial charge < -0.3 is 16.2 Å². The fourth-order valence-corrected chi connectivity index (χ4v) is 6.85. The first-order valence-corrected chi connectivity index (χ1v) is 18.4. The summed E-state index contributed by atoms with van der Waals surface area (Å²) in [6.45, 7) is 0. The van der Waals surface area contributed by atoms with Crippen molar-refractivity contribution in [2.24, 2.45) is 10.2 Å². The monoisotopic (exact) mass is 719 g/mol. The second-order valence-corrected chi connectivity index (χ2v) is 14.8. The lowest BCUT2D eigenvalue weighted by molar-refractivity contribution is 0.481. The van der Waals surface area contributed by atoms with E-state index in [-0.39, 0.29) is 31.9 Å². The van der Waals surface area contributed by atoms with Crippen molar-refractivity contribution in [1.82, 2.24) is 0 Å². The Labute approximate surface area is 280 Å². The zero-order valence-electron chi connectivity index (χ0n) is 24.9. The summed E-state index contributed by atoms with van der Waals surface area (Å²) in [5.41, 5.74) is 8.17. The van der Waals surface area contributed by atoms with Gasteiger partial charge in [0.2, 0.25) is 0 Å². The summed E-state index contributed by atoms with van der Waals surface area (Å²) in [7, 11) is -13.7. The fraction of sp³-hybridized carbons (Fsp3) is 0. The van der Waals surface area contributed by atoms with Crippen LogP contribution in [0.2, 0.25) is 0 Å². The van der Waals surface area contributed by atoms with Crippen molar-refractivity contribution >= 4 is 86.0 Å². The number of azo groups is 1. The average Bonchev–Trinajstić information content (AvgIpc) is 3.06. The first-order valence-electron chi connectivity index (χ1n) is 14.1. The van der Waals surface area contributed by atoms with Gasteiger partial charge in [0.1, 0.15) is 4.90 Å². The van der Waals surface area contributed by atoms with Crippen LogP contribution in [-0.2, 0) is 30.4 Å². The number of rotatable bonds is 10. The van der Waals surface area contributed by atoms with E-state index in [0.29, 0.717) is 33.5 Å². The Kier molecular flexibility index (Phi) is 8.80. The van der Waals surface area contributed by atoms with Gasteiger partial charge in [-0.1, -0.05) is 42.5 Å². The summed E-state index contributed by atoms with van der Waals surface area (Å²) >= 11 is 0. The molecule has 14 nitrogen and oxygen atoms in total. The van der Waals surface area contributed by atoms with Crippen molar-refractivity contribution in [1.29, 1.82) is 0 Å². The van der Waals surface area contributed by atoms with E-state index in [1.807, 2.05) is 6.07 Å². The molecule has 6 N–H and O–H groups in total. The molecule has 17 heteroatoms. The average molecular weight is 720 g/mol. The molecule has 0 heterocycles. The maximum absolute atomic E-state index is 12.4. The van der Waals surface area contributed by atoms with Gasteiger partial charge in [-0.25, -0.2) is 0 Å². The first kappa shape index (κ1) is 33.5. The molecule has 0 spiro atoms. The van der Waals surface area contributed by atoms with Gasteiger partial charge >= 0.3 is 0 Å². The number of hydrogen-bond donors (Lipinski definition) is 6. The SMILES string of the molecule is O=S(=O)(O)c1cccc(N=Nc2ccc(NNc3ccc(Nc4ccccc4)c4c(S(=O)(=O)O)cccc34)c3cc(S(=O)(=O)O)ccc23)c1. The van der Waals surface area contributed by atoms with Crippen LogP contribution in [-0.4, -0.2) is 38.9 Å². The quantitative estimate of drug-likeness (QED) is 0.0465. The van der Waals surface area contributed by atoms with E-state index in [1.165, 1.54) is 48.5 Å². The normalized spacial score (nSPS) is 12.4. The second kappa shape index (κ2) is 12.9. The predicted octanol–water partition coefficient (Wildman–Crippen LogP) is 7.33. The van der Waals surface area contributed by atoms with Gasteiger partial charge in [-0.2, -0.15) is 30.4 Å². The summed E-state index contributed by atoms with van der Waals surface area (Å²) in [5.74, 6) is 0. The van der Waals surface area contributed by atoms with Crippen LogP contribution in [0.4, 0.5) is 34.1 Å². The molecule has 49 heavy (non-hydrogen) atoms. The van der Waals surface area contributed by atoms with Crippen molar-refractivity contribution in [3.8, 4) is 0 Å². The van der Waals surface area contributed by atoms with Gasteiger partial charge in [-0.15, -0.1) is 5.11 Å². The molecule has 0 fully saturated rings. The van der Waals surface area contributed by atoms with E-state index < -0.39 is 35.2 Å². The van der Waals surface area contributed by atoms with Crippen molar-refractivity contribution in [2.75, 3.05) is 16.2 Å². The third kappa shape index (κ3) is 7.36. The summed E-state index contributed by atoms with van der Waals surface area (Å²) in [6.07, 6.45) is 0. The molecule has 0 radical (unpaired) electrons. The zero-order valence-corrected chi connectivity index (χ0v) is 27.3. The molecule has 250 valence electrons. The van der Waals surface area contributed by atoms with E-state index in [2.05, 4.69) is 26.4 Å². The number of nitrogens with one attached hydrogen (secondary N) is 3. The minimum atomic E-state index is -4.65. The third-order valence-corrected chi connectivity index (χ3v) is 9.91. The highest BCUT2D eigenvalue weighted by Gasteiger charge is 2.20. The molecule has 6 aromatic rings. The molecule has 0 unspecified atom stereocenters. The lowest BCUT2D eigenvalue weighted by Crippen LogP contribution is -2.10. The Morgan fingerprint density at radius 2 is 1.12 bits per heavy atom. The molecule has 0 aliphatic heterocycles. The predicted molar refractivity (Wildman–Crippen MR) is 185 cm³/mol. The molecule has 0 aliphatic rings. The van der Waals surface area contributed by atoms with Gasteiger partial charge in [-0.3, -0.25) is 13.7 Å². The number of benzene rings is 6. The molecular weight excluding hydrogens is 695 g/mol. The number of nitrogens with zero attached hydrogens (tertiary/aromatic N) is 2. The molecule has 0 aromatic heterocycles. The van der Waals surface area contributed by atoms with Crippen LogP contribution in [0.1, 0.15) is 0 Å². The molecule has 6 aromatic carbocycles. The summed E-state index contributed by atoms with van der Waals surface area (Å²) < 4.78 is 101. The second-order valence-electron chi connectivity index (χ2n) is 10.5. The van der Waals surface area contributed by atoms with Crippen LogP contribution in [0.5, 0.6) is 0 Å². The van der Waals surface area contributed by atoms with E-state index in [1.54, 1.807) is 54.6 Å². The molecule has 0 atom stereocenters. The van der Waals surface area contributed by atoms with Gasteiger partial charge in [0.05, 0.1) is 32.5 Å². The summed E-state index contributed by atoms with van der Waals surface area (Å²) in [4.78, 5) is -1.11. The highest BCUT2D eigenvalue weighted by Crippen LogP contribution is 2.38. The summed E-state index contributed by atoms with van der Waals surface area (Å²) in [5, 5.41) is 12.7. The van der Waals surface area contributed by atoms with Crippen LogP contribution < -0.4 is 16.2 Å². The molecule has 0 saturated heterocycles. The molecule has 0 amide bonds. The minimum absolute atomic E-state index is 0.114. The Bertz CT molecular complexity index is 2620. The Balaban J connectivity index is 1.41. The Morgan fingerprint density at radius 3 is 1.82 bits per heavy atom. The number of anilines is 4. The van der Waals surface area contributed by atoms with Crippen LogP contribution in [0.3, 0.4) is 0 Å². The lowest BCUT2D eigenvalue weighted by Gasteiger charge is -2.18. The number of hydrazine groups is 1. The van der Waals surface area contributed by atoms with Crippen molar-refractivity contribution in [3.63, 3.8) is 0 Å². The van der Waals surface area contributed by atoms with E-state index in [4.69, 9.17) is 0 Å². The third-order valence-electron chi connectivity index (χ3n) is 7.32. The van der Waals surface area contributed by atoms with Crippen LogP contribution in [0.25, 0.3) is 21.5 Å². The molecule has 0 aliphatic carbocycles. The first-order chi connectivity index (χ1) is 23.2. The van der Waals surface area contributed by atoms with E-state index in [9.17, 15) is 38.9 Å². The molecule has 6 rings (SSSR count). The van der Waals surface area contributed by atoms with Crippen molar-refractivity contribution < 1.29 is 38.9 Å². The highest BCUT2D eigenvalue weighted by atomic mass is 32.2. The maximum atomic E-state index is 12.4. The van der Waals surface area contributed by atoms with E-state index >= 15 is 0 Å². The molecular formula is C32H25N5O9S3. The highest BCUT2D eigenvalue weighted by molar-refractivity contribution is 7.86. The number of fused-ring (bicyclic) bond motifs is 2. The fourth-order valence-electron chi connectivity index (χ4n) is 5.10. The minimum Gasteiger partial charge on any atom is -0.355 e.